The van der Waals surface area contributed by atoms with Gasteiger partial charge in [0.15, 0.2) is 0 Å². The van der Waals surface area contributed by atoms with Crippen LogP contribution in [0.1, 0.15) is 10.4 Å². The van der Waals surface area contributed by atoms with Crippen LogP contribution in [0, 0.1) is 0 Å². The Labute approximate surface area is 161 Å². The molecule has 1 amide bonds. The standard InChI is InChI=1S/C23H17NO4/c1-27-19-7-4-6-18(14-19)24-22(25)16-11-9-15(10-12-16)20-13-17-5-2-3-8-21(17)28-23(20)26/h2-14H,1H3,(H,24,25). The zero-order valence-corrected chi connectivity index (χ0v) is 15.1. The SMILES string of the molecule is COc1cccc(NC(=O)c2ccc(-c3cc4ccccc4oc3=O)cc2)c1. The van der Waals surface area contributed by atoms with Gasteiger partial charge in [0.2, 0.25) is 0 Å². The molecule has 0 aliphatic heterocycles. The first kappa shape index (κ1) is 17.5. The highest BCUT2D eigenvalue weighted by atomic mass is 16.5. The molecule has 5 heteroatoms. The minimum absolute atomic E-state index is 0.245. The normalized spacial score (nSPS) is 10.6. The maximum Gasteiger partial charge on any atom is 0.344 e. The van der Waals surface area contributed by atoms with Gasteiger partial charge < -0.3 is 14.5 Å². The molecule has 0 bridgehead atoms. The van der Waals surface area contributed by atoms with E-state index in [0.29, 0.717) is 33.7 Å². The number of anilines is 1. The van der Waals surface area contributed by atoms with Crippen molar-refractivity contribution in [3.05, 3.63) is 94.8 Å². The molecule has 28 heavy (non-hydrogen) atoms. The molecular weight excluding hydrogens is 354 g/mol. The van der Waals surface area contributed by atoms with Crippen LogP contribution in [-0.4, -0.2) is 13.0 Å². The van der Waals surface area contributed by atoms with Gasteiger partial charge in [-0.2, -0.15) is 0 Å². The molecule has 4 rings (SSSR count). The smallest absolute Gasteiger partial charge is 0.344 e. The average molecular weight is 371 g/mol. The molecule has 1 aromatic heterocycles. The molecule has 0 fully saturated rings. The number of rotatable bonds is 4. The van der Waals surface area contributed by atoms with Crippen molar-refractivity contribution in [2.75, 3.05) is 12.4 Å². The predicted octanol–water partition coefficient (Wildman–Crippen LogP) is 4.72. The van der Waals surface area contributed by atoms with Crippen LogP contribution >= 0.6 is 0 Å². The fraction of sp³-hybridized carbons (Fsp3) is 0.0435. The largest absolute Gasteiger partial charge is 0.497 e. The van der Waals surface area contributed by atoms with Crippen LogP contribution in [0.3, 0.4) is 0 Å². The van der Waals surface area contributed by atoms with Gasteiger partial charge >= 0.3 is 5.63 Å². The first-order valence-electron chi connectivity index (χ1n) is 8.73. The van der Waals surface area contributed by atoms with E-state index in [9.17, 15) is 9.59 Å². The summed E-state index contributed by atoms with van der Waals surface area (Å²) in [6.07, 6.45) is 0. The first-order chi connectivity index (χ1) is 13.6. The van der Waals surface area contributed by atoms with E-state index in [1.54, 1.807) is 67.8 Å². The minimum atomic E-state index is -0.410. The zero-order chi connectivity index (χ0) is 19.5. The monoisotopic (exact) mass is 371 g/mol. The second-order valence-electron chi connectivity index (χ2n) is 6.25. The first-order valence-corrected chi connectivity index (χ1v) is 8.73. The van der Waals surface area contributed by atoms with Crippen LogP contribution in [0.5, 0.6) is 5.75 Å². The van der Waals surface area contributed by atoms with Crippen LogP contribution in [0.4, 0.5) is 5.69 Å². The van der Waals surface area contributed by atoms with E-state index < -0.39 is 5.63 Å². The molecule has 1 N–H and O–H groups in total. The van der Waals surface area contributed by atoms with Gasteiger partial charge in [-0.1, -0.05) is 36.4 Å². The van der Waals surface area contributed by atoms with Gasteiger partial charge in [-0.3, -0.25) is 4.79 Å². The molecule has 0 aliphatic carbocycles. The van der Waals surface area contributed by atoms with E-state index in [2.05, 4.69) is 5.32 Å². The van der Waals surface area contributed by atoms with Gasteiger partial charge in [-0.15, -0.1) is 0 Å². The number of hydrogen-bond acceptors (Lipinski definition) is 4. The van der Waals surface area contributed by atoms with E-state index >= 15 is 0 Å². The average Bonchev–Trinajstić information content (AvgIpc) is 2.73. The van der Waals surface area contributed by atoms with E-state index in [-0.39, 0.29) is 5.91 Å². The quantitative estimate of drug-likeness (QED) is 0.527. The summed E-state index contributed by atoms with van der Waals surface area (Å²) in [7, 11) is 1.57. The van der Waals surface area contributed by atoms with Gasteiger partial charge in [0, 0.05) is 22.7 Å². The lowest BCUT2D eigenvalue weighted by Crippen LogP contribution is -2.12. The third kappa shape index (κ3) is 3.50. The molecule has 0 aliphatic rings. The third-order valence-corrected chi connectivity index (χ3v) is 4.43. The van der Waals surface area contributed by atoms with Crippen LogP contribution in [-0.2, 0) is 0 Å². The number of ether oxygens (including phenoxy) is 1. The Bertz CT molecular complexity index is 1210. The predicted molar refractivity (Wildman–Crippen MR) is 109 cm³/mol. The second-order valence-corrected chi connectivity index (χ2v) is 6.25. The van der Waals surface area contributed by atoms with Crippen molar-refractivity contribution in [3.63, 3.8) is 0 Å². The summed E-state index contributed by atoms with van der Waals surface area (Å²) < 4.78 is 10.5. The Kier molecular flexibility index (Phi) is 4.64. The Morgan fingerprint density at radius 1 is 0.929 bits per heavy atom. The lowest BCUT2D eigenvalue weighted by molar-refractivity contribution is 0.102. The van der Waals surface area contributed by atoms with Gasteiger partial charge in [0.25, 0.3) is 5.91 Å². The summed E-state index contributed by atoms with van der Waals surface area (Å²) in [6, 6.07) is 23.1. The van der Waals surface area contributed by atoms with Crippen molar-refractivity contribution in [1.82, 2.24) is 0 Å². The van der Waals surface area contributed by atoms with Crippen molar-refractivity contribution >= 4 is 22.6 Å². The molecule has 3 aromatic carbocycles. The molecule has 5 nitrogen and oxygen atoms in total. The minimum Gasteiger partial charge on any atom is -0.497 e. The molecule has 0 spiro atoms. The molecule has 4 aromatic rings. The Balaban J connectivity index is 1.59. The Morgan fingerprint density at radius 2 is 1.71 bits per heavy atom. The summed E-state index contributed by atoms with van der Waals surface area (Å²) >= 11 is 0. The fourth-order valence-corrected chi connectivity index (χ4v) is 2.97. The molecule has 1 heterocycles. The number of methoxy groups -OCH3 is 1. The lowest BCUT2D eigenvalue weighted by atomic mass is 10.0. The summed E-state index contributed by atoms with van der Waals surface area (Å²) in [4.78, 5) is 24.8. The number of carbonyl (C=O) groups excluding carboxylic acids is 1. The van der Waals surface area contributed by atoms with Crippen LogP contribution in [0.15, 0.2) is 88.1 Å². The molecule has 0 atom stereocenters. The molecule has 0 saturated carbocycles. The topological polar surface area (TPSA) is 68.5 Å². The number of hydrogen-bond donors (Lipinski definition) is 1. The van der Waals surface area contributed by atoms with Crippen molar-refractivity contribution in [3.8, 4) is 16.9 Å². The lowest BCUT2D eigenvalue weighted by Gasteiger charge is -2.08. The molecular formula is C23H17NO4. The summed E-state index contributed by atoms with van der Waals surface area (Å²) in [6.45, 7) is 0. The second kappa shape index (κ2) is 7.40. The number of fused-ring (bicyclic) bond motifs is 1. The van der Waals surface area contributed by atoms with Crippen LogP contribution < -0.4 is 15.7 Å². The fourth-order valence-electron chi connectivity index (χ4n) is 2.97. The Morgan fingerprint density at radius 3 is 2.50 bits per heavy atom. The van der Waals surface area contributed by atoms with Crippen molar-refractivity contribution in [2.24, 2.45) is 0 Å². The highest BCUT2D eigenvalue weighted by molar-refractivity contribution is 6.04. The molecule has 0 unspecified atom stereocenters. The van der Waals surface area contributed by atoms with Crippen molar-refractivity contribution in [1.29, 1.82) is 0 Å². The zero-order valence-electron chi connectivity index (χ0n) is 15.1. The van der Waals surface area contributed by atoms with Crippen molar-refractivity contribution in [2.45, 2.75) is 0 Å². The number of amides is 1. The molecule has 0 saturated heterocycles. The summed E-state index contributed by atoms with van der Waals surface area (Å²) in [5.41, 5.74) is 2.41. The molecule has 138 valence electrons. The van der Waals surface area contributed by atoms with Gasteiger partial charge in [-0.05, 0) is 42.0 Å². The van der Waals surface area contributed by atoms with E-state index in [1.807, 2.05) is 18.2 Å². The van der Waals surface area contributed by atoms with Crippen LogP contribution in [0.25, 0.3) is 22.1 Å². The highest BCUT2D eigenvalue weighted by Gasteiger charge is 2.10. The number of benzene rings is 3. The Hall–Kier alpha value is -3.86. The number of nitrogens with one attached hydrogen (secondary N) is 1. The van der Waals surface area contributed by atoms with E-state index in [0.717, 1.165) is 5.39 Å². The maximum atomic E-state index is 12.5. The number of carbonyl (C=O) groups is 1. The van der Waals surface area contributed by atoms with Crippen LogP contribution in [0.2, 0.25) is 0 Å². The van der Waals surface area contributed by atoms with Gasteiger partial charge in [-0.25, -0.2) is 4.79 Å². The molecule has 0 radical (unpaired) electrons. The summed E-state index contributed by atoms with van der Waals surface area (Å²) in [5.74, 6) is 0.418. The van der Waals surface area contributed by atoms with E-state index in [1.165, 1.54) is 0 Å². The van der Waals surface area contributed by atoms with E-state index in [4.69, 9.17) is 9.15 Å². The maximum absolute atomic E-state index is 12.5. The third-order valence-electron chi connectivity index (χ3n) is 4.43. The summed E-state index contributed by atoms with van der Waals surface area (Å²) in [5, 5.41) is 3.67. The van der Waals surface area contributed by atoms with Crippen molar-refractivity contribution < 1.29 is 13.9 Å². The highest BCUT2D eigenvalue weighted by Crippen LogP contribution is 2.22. The van der Waals surface area contributed by atoms with Gasteiger partial charge in [0.1, 0.15) is 11.3 Å². The number of para-hydroxylation sites is 1. The van der Waals surface area contributed by atoms with Gasteiger partial charge in [0.05, 0.1) is 12.7 Å².